The predicted molar refractivity (Wildman–Crippen MR) is 212 cm³/mol. The van der Waals surface area contributed by atoms with E-state index in [0.29, 0.717) is 46.3 Å². The van der Waals surface area contributed by atoms with E-state index in [0.717, 1.165) is 36.8 Å². The Bertz CT molecular complexity index is 2070. The Hall–Kier alpha value is -6.08. The van der Waals surface area contributed by atoms with Crippen molar-refractivity contribution in [3.63, 3.8) is 0 Å². The lowest BCUT2D eigenvalue weighted by molar-refractivity contribution is -0.275. The number of ether oxygens (including phenoxy) is 2. The van der Waals surface area contributed by atoms with Gasteiger partial charge in [0.2, 0.25) is 23.7 Å². The zero-order valence-electron chi connectivity index (χ0n) is 33.5. The largest absolute Gasteiger partial charge is 0.573 e. The van der Waals surface area contributed by atoms with Crippen LogP contribution in [0.5, 0.6) is 11.5 Å². The zero-order valence-corrected chi connectivity index (χ0v) is 33.5. The smallest absolute Gasteiger partial charge is 0.406 e. The molecule has 2 fully saturated rings. The Kier molecular flexibility index (Phi) is 11.3. The Morgan fingerprint density at radius 2 is 0.933 bits per heavy atom. The molecule has 4 heterocycles. The van der Waals surface area contributed by atoms with Gasteiger partial charge in [0.25, 0.3) is 0 Å². The number of aryl methyl sites for hydroxylation is 2. The van der Waals surface area contributed by atoms with E-state index in [9.17, 15) is 35.9 Å². The minimum atomic E-state index is -4.69. The van der Waals surface area contributed by atoms with E-state index in [1.54, 1.807) is 24.3 Å². The van der Waals surface area contributed by atoms with Crippen LogP contribution in [0.4, 0.5) is 61.2 Å². The molecule has 20 heteroatoms. The van der Waals surface area contributed by atoms with E-state index < -0.39 is 12.7 Å². The van der Waals surface area contributed by atoms with E-state index in [1.165, 1.54) is 24.3 Å². The van der Waals surface area contributed by atoms with Gasteiger partial charge in [-0.3, -0.25) is 9.59 Å². The molecule has 2 aliphatic carbocycles. The number of nitrogens with one attached hydrogen (secondary N) is 4. The van der Waals surface area contributed by atoms with Crippen molar-refractivity contribution < 1.29 is 45.4 Å². The first kappa shape index (κ1) is 42.1. The van der Waals surface area contributed by atoms with Crippen molar-refractivity contribution in [2.45, 2.75) is 102 Å². The van der Waals surface area contributed by atoms with Gasteiger partial charge in [0.05, 0.1) is 11.4 Å². The van der Waals surface area contributed by atoms with Gasteiger partial charge in [-0.05, 0) is 101 Å². The van der Waals surface area contributed by atoms with E-state index in [-0.39, 0.29) is 59.3 Å². The SMILES string of the molecule is Cc1nc(NC2CC(c3ccc(OC(F)(F)F)cc3)C2)nc2c1NC(=O)[C@H](C)N2C.Cc1nc(NC2CC(c3ccc(OC(F)(F)F)cc3)C2)nc2c1NC(=O)[C@H](C)N2C. The van der Waals surface area contributed by atoms with Crippen LogP contribution >= 0.6 is 0 Å². The molecule has 60 heavy (non-hydrogen) atoms. The molecule has 0 radical (unpaired) electrons. The number of fused-ring (bicyclic) bond motifs is 2. The third-order valence-corrected chi connectivity index (χ3v) is 11.3. The summed E-state index contributed by atoms with van der Waals surface area (Å²) in [5.74, 6) is 2.23. The number of carbonyl (C=O) groups is 2. The second-order valence-electron chi connectivity index (χ2n) is 15.5. The molecule has 320 valence electrons. The van der Waals surface area contributed by atoms with Crippen LogP contribution in [0.2, 0.25) is 0 Å². The van der Waals surface area contributed by atoms with Crippen LogP contribution in [-0.2, 0) is 9.59 Å². The molecule has 0 saturated heterocycles. The number of rotatable bonds is 8. The van der Waals surface area contributed by atoms with E-state index in [1.807, 2.05) is 51.6 Å². The molecule has 2 atom stereocenters. The summed E-state index contributed by atoms with van der Waals surface area (Å²) in [7, 11) is 3.65. The second kappa shape index (κ2) is 16.2. The number of benzene rings is 2. The third-order valence-electron chi connectivity index (χ3n) is 11.3. The lowest BCUT2D eigenvalue weighted by atomic mass is 9.76. The average Bonchev–Trinajstić information content (AvgIpc) is 3.13. The number of hydrogen-bond acceptors (Lipinski definition) is 12. The summed E-state index contributed by atoms with van der Waals surface area (Å²) in [4.78, 5) is 45.7. The van der Waals surface area contributed by atoms with Gasteiger partial charge in [-0.15, -0.1) is 26.3 Å². The van der Waals surface area contributed by atoms with Crippen molar-refractivity contribution in [1.82, 2.24) is 19.9 Å². The van der Waals surface area contributed by atoms with Crippen LogP contribution < -0.4 is 40.5 Å². The van der Waals surface area contributed by atoms with Crippen LogP contribution in [0, 0.1) is 13.8 Å². The first-order valence-corrected chi connectivity index (χ1v) is 19.3. The highest BCUT2D eigenvalue weighted by atomic mass is 19.4. The van der Waals surface area contributed by atoms with Crippen LogP contribution in [0.15, 0.2) is 48.5 Å². The highest BCUT2D eigenvalue weighted by Gasteiger charge is 2.37. The minimum absolute atomic E-state index is 0.0918. The van der Waals surface area contributed by atoms with Crippen molar-refractivity contribution in [2.75, 3.05) is 45.2 Å². The highest BCUT2D eigenvalue weighted by molar-refractivity contribution is 6.03. The molecule has 0 unspecified atom stereocenters. The Balaban J connectivity index is 0.000000181. The fourth-order valence-electron chi connectivity index (χ4n) is 7.49. The van der Waals surface area contributed by atoms with Crippen molar-refractivity contribution in [2.24, 2.45) is 0 Å². The van der Waals surface area contributed by atoms with Gasteiger partial charge in [0.1, 0.15) is 35.0 Å². The Labute approximate surface area is 341 Å². The molecule has 2 saturated carbocycles. The lowest BCUT2D eigenvalue weighted by Gasteiger charge is -2.37. The number of amides is 2. The highest BCUT2D eigenvalue weighted by Crippen LogP contribution is 2.42. The lowest BCUT2D eigenvalue weighted by Crippen LogP contribution is -2.45. The molecular weight excluding hydrogens is 798 g/mol. The number of carbonyl (C=O) groups excluding carboxylic acids is 2. The van der Waals surface area contributed by atoms with E-state index in [2.05, 4.69) is 50.7 Å². The number of aromatic nitrogens is 4. The summed E-state index contributed by atoms with van der Waals surface area (Å²) in [5.41, 5.74) is 4.57. The van der Waals surface area contributed by atoms with Crippen molar-refractivity contribution in [3.05, 3.63) is 71.0 Å². The number of nitrogens with zero attached hydrogens (tertiary/aromatic N) is 6. The van der Waals surface area contributed by atoms with Crippen LogP contribution in [0.1, 0.15) is 73.9 Å². The molecule has 0 spiro atoms. The van der Waals surface area contributed by atoms with E-state index >= 15 is 0 Å². The second-order valence-corrected chi connectivity index (χ2v) is 15.5. The summed E-state index contributed by atoms with van der Waals surface area (Å²) >= 11 is 0. The van der Waals surface area contributed by atoms with Gasteiger partial charge in [-0.25, -0.2) is 9.97 Å². The van der Waals surface area contributed by atoms with E-state index in [4.69, 9.17) is 0 Å². The molecule has 2 aromatic heterocycles. The standard InChI is InChI=1S/2C20H22F3N5O2/c2*1-10-16-17(28(3)11(2)18(29)26-16)27-19(24-10)25-14-8-13(9-14)12-4-6-15(7-5-12)30-20(21,22)23/h2*4-7,11,13-14H,8-9H2,1-3H3,(H,26,29)(H,24,25,27)/t2*11-,13?,14?/m00/s1. The number of halogens is 6. The summed E-state index contributed by atoms with van der Waals surface area (Å²) in [5, 5.41) is 12.3. The fraction of sp³-hybridized carbons (Fsp3) is 0.450. The summed E-state index contributed by atoms with van der Waals surface area (Å²) < 4.78 is 81.4. The maximum atomic E-state index is 12.3. The fourth-order valence-corrected chi connectivity index (χ4v) is 7.49. The summed E-state index contributed by atoms with van der Waals surface area (Å²) in [6, 6.07) is 11.7. The number of hydrogen-bond donors (Lipinski definition) is 4. The predicted octanol–water partition coefficient (Wildman–Crippen LogP) is 7.64. The minimum Gasteiger partial charge on any atom is -0.406 e. The van der Waals surface area contributed by atoms with Gasteiger partial charge in [-0.1, -0.05) is 24.3 Å². The van der Waals surface area contributed by atoms with Gasteiger partial charge in [0, 0.05) is 26.2 Å². The normalized spacial score (nSPS) is 23.3. The molecule has 4 aromatic rings. The molecule has 2 amide bonds. The van der Waals surface area contributed by atoms with Gasteiger partial charge >= 0.3 is 12.7 Å². The maximum Gasteiger partial charge on any atom is 0.573 e. The zero-order chi connectivity index (χ0) is 43.3. The third kappa shape index (κ3) is 9.36. The molecule has 14 nitrogen and oxygen atoms in total. The van der Waals surface area contributed by atoms with Gasteiger partial charge < -0.3 is 40.5 Å². The van der Waals surface area contributed by atoms with Crippen LogP contribution in [0.3, 0.4) is 0 Å². The quantitative estimate of drug-likeness (QED) is 0.129. The number of anilines is 6. The first-order chi connectivity index (χ1) is 28.2. The van der Waals surface area contributed by atoms with Gasteiger partial charge in [-0.2, -0.15) is 9.97 Å². The van der Waals surface area contributed by atoms with Crippen molar-refractivity contribution in [3.8, 4) is 11.5 Å². The summed E-state index contributed by atoms with van der Waals surface area (Å²) in [6.07, 6.45) is -6.09. The topological polar surface area (TPSA) is 159 Å². The molecule has 0 bridgehead atoms. The monoisotopic (exact) mass is 842 g/mol. The maximum absolute atomic E-state index is 12.3. The Morgan fingerprint density at radius 1 is 0.600 bits per heavy atom. The number of likely N-dealkylation sites (N-methyl/N-ethyl adjacent to an activating group) is 2. The summed E-state index contributed by atoms with van der Waals surface area (Å²) in [6.45, 7) is 7.27. The Morgan fingerprint density at radius 3 is 1.25 bits per heavy atom. The molecular formula is C40H44F6N10O4. The van der Waals surface area contributed by atoms with Crippen LogP contribution in [0.25, 0.3) is 0 Å². The molecule has 2 aliphatic heterocycles. The van der Waals surface area contributed by atoms with Gasteiger partial charge in [0.15, 0.2) is 11.6 Å². The molecule has 8 rings (SSSR count). The van der Waals surface area contributed by atoms with Crippen molar-refractivity contribution >= 4 is 46.7 Å². The first-order valence-electron chi connectivity index (χ1n) is 19.3. The number of alkyl halides is 6. The molecule has 4 N–H and O–H groups in total. The molecule has 2 aromatic carbocycles. The van der Waals surface area contributed by atoms with Crippen LogP contribution in [-0.4, -0.2) is 82.7 Å². The van der Waals surface area contributed by atoms with Crippen molar-refractivity contribution in [1.29, 1.82) is 0 Å². The average molecular weight is 843 g/mol. The molecule has 4 aliphatic rings.